The first-order valence-corrected chi connectivity index (χ1v) is 8.65. The second-order valence-corrected chi connectivity index (χ2v) is 6.17. The molecule has 2 aromatic carbocycles. The van der Waals surface area contributed by atoms with Gasteiger partial charge in [0.2, 0.25) is 0 Å². The van der Waals surface area contributed by atoms with E-state index in [0.717, 1.165) is 0 Å². The molecule has 2 rings (SSSR count). The molecule has 0 spiro atoms. The van der Waals surface area contributed by atoms with Gasteiger partial charge in [0.25, 0.3) is 0 Å². The Morgan fingerprint density at radius 1 is 0.889 bits per heavy atom. The maximum absolute atomic E-state index is 12.5. The number of halogens is 1. The molecule has 0 aliphatic carbocycles. The number of carbonyl (C=O) groups is 2. The van der Waals surface area contributed by atoms with E-state index in [4.69, 9.17) is 18.9 Å². The molecule has 0 bridgehead atoms. The minimum Gasteiger partial charge on any atom is -0.493 e. The fourth-order valence-corrected chi connectivity index (χ4v) is 2.94. The third kappa shape index (κ3) is 4.49. The summed E-state index contributed by atoms with van der Waals surface area (Å²) in [5.41, 5.74) is 1.50. The lowest BCUT2D eigenvalue weighted by Crippen LogP contribution is -2.10. The molecular weight excluding hydrogens is 416 g/mol. The molecule has 0 amide bonds. The monoisotopic (exact) mass is 434 g/mol. The maximum atomic E-state index is 12.5. The largest absolute Gasteiger partial charge is 0.493 e. The first kappa shape index (κ1) is 20.5. The van der Waals surface area contributed by atoms with Crippen LogP contribution < -0.4 is 9.47 Å². The summed E-state index contributed by atoms with van der Waals surface area (Å²) in [5.74, 6) is -0.103. The molecule has 0 fully saturated rings. The van der Waals surface area contributed by atoms with E-state index < -0.39 is 11.9 Å². The van der Waals surface area contributed by atoms with Crippen molar-refractivity contribution in [1.82, 2.24) is 0 Å². The van der Waals surface area contributed by atoms with Gasteiger partial charge in [-0.15, -0.1) is 0 Å². The second-order valence-electron chi connectivity index (χ2n) is 5.32. The van der Waals surface area contributed by atoms with Crippen molar-refractivity contribution in [2.24, 2.45) is 0 Å². The Bertz CT molecular complexity index is 888. The van der Waals surface area contributed by atoms with Crippen molar-refractivity contribution in [3.63, 3.8) is 0 Å². The Labute approximate surface area is 165 Å². The Morgan fingerprint density at radius 2 is 1.48 bits per heavy atom. The Kier molecular flexibility index (Phi) is 7.01. The van der Waals surface area contributed by atoms with Gasteiger partial charge in [0, 0.05) is 10.0 Å². The van der Waals surface area contributed by atoms with Gasteiger partial charge in [0.15, 0.2) is 11.5 Å². The highest BCUT2D eigenvalue weighted by Gasteiger charge is 2.21. The Balaban J connectivity index is 2.70. The lowest BCUT2D eigenvalue weighted by atomic mass is 9.97. The van der Waals surface area contributed by atoms with Crippen LogP contribution in [0.5, 0.6) is 11.5 Å². The number of esters is 2. The summed E-state index contributed by atoms with van der Waals surface area (Å²) in [4.78, 5) is 24.6. The molecule has 0 aromatic heterocycles. The van der Waals surface area contributed by atoms with E-state index in [2.05, 4.69) is 15.9 Å². The molecule has 0 heterocycles. The maximum Gasteiger partial charge on any atom is 0.338 e. The van der Waals surface area contributed by atoms with Crippen molar-refractivity contribution >= 4 is 39.5 Å². The van der Waals surface area contributed by atoms with Gasteiger partial charge in [0.05, 0.1) is 39.6 Å². The average Bonchev–Trinajstić information content (AvgIpc) is 2.71. The van der Waals surface area contributed by atoms with Crippen molar-refractivity contribution in [1.29, 1.82) is 0 Å². The van der Waals surface area contributed by atoms with Gasteiger partial charge in [-0.3, -0.25) is 0 Å². The summed E-state index contributed by atoms with van der Waals surface area (Å²) in [5, 5.41) is 0. The highest BCUT2D eigenvalue weighted by atomic mass is 79.9. The second kappa shape index (κ2) is 9.23. The molecule has 0 radical (unpaired) electrons. The summed E-state index contributed by atoms with van der Waals surface area (Å²) >= 11 is 3.46. The number of rotatable bonds is 6. The highest BCUT2D eigenvalue weighted by Crippen LogP contribution is 2.35. The van der Waals surface area contributed by atoms with E-state index >= 15 is 0 Å². The van der Waals surface area contributed by atoms with Crippen LogP contribution in [0, 0.1) is 0 Å². The number of carbonyl (C=O) groups excluding carboxylic acids is 2. The topological polar surface area (TPSA) is 71.1 Å². The standard InChI is InChI=1S/C20H19BrO6/c1-24-17-10-12(16(21)11-18(17)25-2)9-15(20(23)27-4)13-7-5-6-8-14(13)19(22)26-3/h5-11H,1-4H3/b15-9-. The van der Waals surface area contributed by atoms with Crippen LogP contribution in [0.3, 0.4) is 0 Å². The van der Waals surface area contributed by atoms with Crippen LogP contribution in [0.25, 0.3) is 11.6 Å². The first-order valence-electron chi connectivity index (χ1n) is 7.86. The fourth-order valence-electron chi connectivity index (χ4n) is 2.50. The van der Waals surface area contributed by atoms with Crippen LogP contribution in [0.4, 0.5) is 0 Å². The van der Waals surface area contributed by atoms with E-state index in [1.54, 1.807) is 42.5 Å². The Hall–Kier alpha value is -2.80. The molecule has 6 nitrogen and oxygen atoms in total. The van der Waals surface area contributed by atoms with Crippen LogP contribution in [0.1, 0.15) is 21.5 Å². The van der Waals surface area contributed by atoms with Crippen molar-refractivity contribution in [2.45, 2.75) is 0 Å². The van der Waals surface area contributed by atoms with Crippen molar-refractivity contribution < 1.29 is 28.5 Å². The predicted molar refractivity (Wildman–Crippen MR) is 105 cm³/mol. The molecule has 0 aliphatic rings. The molecule has 0 N–H and O–H groups in total. The zero-order valence-corrected chi connectivity index (χ0v) is 17.0. The molecule has 7 heteroatoms. The minimum atomic E-state index is -0.590. The van der Waals surface area contributed by atoms with Gasteiger partial charge in [0.1, 0.15) is 0 Å². The lowest BCUT2D eigenvalue weighted by molar-refractivity contribution is -0.133. The van der Waals surface area contributed by atoms with E-state index in [-0.39, 0.29) is 11.1 Å². The number of ether oxygens (including phenoxy) is 4. The zero-order chi connectivity index (χ0) is 20.0. The molecule has 2 aromatic rings. The van der Waals surface area contributed by atoms with Crippen LogP contribution in [0.15, 0.2) is 40.9 Å². The quantitative estimate of drug-likeness (QED) is 0.389. The van der Waals surface area contributed by atoms with Gasteiger partial charge in [-0.1, -0.05) is 34.1 Å². The third-order valence-corrected chi connectivity index (χ3v) is 4.52. The molecule has 0 unspecified atom stereocenters. The summed E-state index contributed by atoms with van der Waals surface area (Å²) < 4.78 is 21.0. The van der Waals surface area contributed by atoms with Crippen molar-refractivity contribution in [2.75, 3.05) is 28.4 Å². The summed E-state index contributed by atoms with van der Waals surface area (Å²) in [6, 6.07) is 10.1. The van der Waals surface area contributed by atoms with Crippen LogP contribution in [-0.4, -0.2) is 40.4 Å². The smallest absolute Gasteiger partial charge is 0.338 e. The normalized spacial score (nSPS) is 10.9. The average molecular weight is 435 g/mol. The van der Waals surface area contributed by atoms with E-state index in [0.29, 0.717) is 27.1 Å². The molecule has 142 valence electrons. The highest BCUT2D eigenvalue weighted by molar-refractivity contribution is 9.10. The van der Waals surface area contributed by atoms with Gasteiger partial charge < -0.3 is 18.9 Å². The number of benzene rings is 2. The van der Waals surface area contributed by atoms with E-state index in [1.165, 1.54) is 28.4 Å². The number of methoxy groups -OCH3 is 4. The Morgan fingerprint density at radius 3 is 2.04 bits per heavy atom. The predicted octanol–water partition coefficient (Wildman–Crippen LogP) is 3.97. The molecule has 0 aliphatic heterocycles. The summed E-state index contributed by atoms with van der Waals surface area (Å²) in [6.07, 6.45) is 1.61. The molecule has 0 saturated heterocycles. The van der Waals surface area contributed by atoms with Gasteiger partial charge in [-0.25, -0.2) is 9.59 Å². The van der Waals surface area contributed by atoms with Crippen LogP contribution >= 0.6 is 15.9 Å². The van der Waals surface area contributed by atoms with Gasteiger partial charge in [-0.2, -0.15) is 0 Å². The van der Waals surface area contributed by atoms with Crippen molar-refractivity contribution in [3.05, 3.63) is 57.6 Å². The molecule has 0 atom stereocenters. The number of hydrogen-bond acceptors (Lipinski definition) is 6. The van der Waals surface area contributed by atoms with Crippen LogP contribution in [0.2, 0.25) is 0 Å². The third-order valence-electron chi connectivity index (χ3n) is 3.83. The molecule has 0 saturated carbocycles. The molecular formula is C20H19BrO6. The summed E-state index contributed by atoms with van der Waals surface area (Å²) in [7, 11) is 5.62. The zero-order valence-electron chi connectivity index (χ0n) is 15.4. The van der Waals surface area contributed by atoms with Crippen molar-refractivity contribution in [3.8, 4) is 11.5 Å². The van der Waals surface area contributed by atoms with Gasteiger partial charge in [-0.05, 0) is 29.8 Å². The van der Waals surface area contributed by atoms with Crippen LogP contribution in [-0.2, 0) is 14.3 Å². The molecule has 27 heavy (non-hydrogen) atoms. The first-order chi connectivity index (χ1) is 13.0. The van der Waals surface area contributed by atoms with Gasteiger partial charge >= 0.3 is 11.9 Å². The SMILES string of the molecule is COC(=O)/C(=C\c1cc(OC)c(OC)cc1Br)c1ccccc1C(=O)OC. The fraction of sp³-hybridized carbons (Fsp3) is 0.200. The lowest BCUT2D eigenvalue weighted by Gasteiger charge is -2.13. The minimum absolute atomic E-state index is 0.200. The summed E-state index contributed by atoms with van der Waals surface area (Å²) in [6.45, 7) is 0. The van der Waals surface area contributed by atoms with E-state index in [9.17, 15) is 9.59 Å². The van der Waals surface area contributed by atoms with E-state index in [1.807, 2.05) is 0 Å². The number of hydrogen-bond donors (Lipinski definition) is 0.